The van der Waals surface area contributed by atoms with Crippen LogP contribution in [0, 0.1) is 0 Å². The van der Waals surface area contributed by atoms with Gasteiger partial charge in [-0.3, -0.25) is 0 Å². The van der Waals surface area contributed by atoms with Crippen molar-refractivity contribution in [1.82, 2.24) is 4.90 Å². The highest BCUT2D eigenvalue weighted by molar-refractivity contribution is 5.38. The number of fused-ring (bicyclic) bond motifs is 1. The lowest BCUT2D eigenvalue weighted by Crippen LogP contribution is -2.21. The molecule has 0 spiro atoms. The third-order valence-electron chi connectivity index (χ3n) is 3.72. The molecule has 1 heterocycles. The van der Waals surface area contributed by atoms with E-state index < -0.39 is 0 Å². The van der Waals surface area contributed by atoms with Gasteiger partial charge < -0.3 is 9.64 Å². The molecular weight excluding hydrogens is 198 g/mol. The highest BCUT2D eigenvalue weighted by atomic mass is 16.5. The second kappa shape index (κ2) is 4.10. The lowest BCUT2D eigenvalue weighted by Gasteiger charge is -2.14. The lowest BCUT2D eigenvalue weighted by atomic mass is 10.1. The van der Waals surface area contributed by atoms with Crippen LogP contribution in [0.1, 0.15) is 24.0 Å². The molecule has 0 aromatic heterocycles. The van der Waals surface area contributed by atoms with Crippen LogP contribution in [-0.4, -0.2) is 31.1 Å². The number of benzene rings is 1. The molecule has 0 radical (unpaired) electrons. The Morgan fingerprint density at radius 3 is 2.94 bits per heavy atom. The van der Waals surface area contributed by atoms with Crippen molar-refractivity contribution in [3.05, 3.63) is 29.3 Å². The number of hydrogen-bond donors (Lipinski definition) is 0. The molecule has 1 aliphatic carbocycles. The first kappa shape index (κ1) is 10.2. The zero-order chi connectivity index (χ0) is 11.0. The van der Waals surface area contributed by atoms with Crippen molar-refractivity contribution >= 4 is 0 Å². The van der Waals surface area contributed by atoms with Crippen molar-refractivity contribution in [1.29, 1.82) is 0 Å². The predicted molar refractivity (Wildman–Crippen MR) is 65.0 cm³/mol. The van der Waals surface area contributed by atoms with Crippen LogP contribution in [-0.2, 0) is 12.8 Å². The second-order valence-corrected chi connectivity index (χ2v) is 5.07. The molecule has 1 atom stereocenters. The van der Waals surface area contributed by atoms with Crippen LogP contribution in [0.5, 0.6) is 5.75 Å². The Bertz CT molecular complexity index is 388. The predicted octanol–water partition coefficient (Wildman–Crippen LogP) is 2.26. The van der Waals surface area contributed by atoms with E-state index in [9.17, 15) is 0 Å². The summed E-state index contributed by atoms with van der Waals surface area (Å²) in [6, 6.07) is 6.64. The third kappa shape index (κ3) is 1.94. The van der Waals surface area contributed by atoms with Gasteiger partial charge in [0.1, 0.15) is 11.9 Å². The molecule has 1 aliphatic heterocycles. The van der Waals surface area contributed by atoms with Gasteiger partial charge in [-0.1, -0.05) is 6.07 Å². The number of aryl methyl sites for hydroxylation is 2. The summed E-state index contributed by atoms with van der Waals surface area (Å²) in [7, 11) is 2.16. The molecule has 86 valence electrons. The summed E-state index contributed by atoms with van der Waals surface area (Å²) in [5, 5.41) is 0. The fraction of sp³-hybridized carbons (Fsp3) is 0.571. The molecule has 0 unspecified atom stereocenters. The SMILES string of the molecule is CN1CC[C@@H](Oc2ccc3c(c2)CCC3)C1. The normalized spacial score (nSPS) is 24.7. The first-order valence-electron chi connectivity index (χ1n) is 6.28. The van der Waals surface area contributed by atoms with Gasteiger partial charge in [0.2, 0.25) is 0 Å². The quantitative estimate of drug-likeness (QED) is 0.753. The summed E-state index contributed by atoms with van der Waals surface area (Å²) in [6.45, 7) is 2.23. The van der Waals surface area contributed by atoms with Crippen molar-refractivity contribution in [2.24, 2.45) is 0 Å². The maximum atomic E-state index is 6.03. The van der Waals surface area contributed by atoms with E-state index in [-0.39, 0.29) is 0 Å². The molecule has 0 amide bonds. The average Bonchev–Trinajstić information content (AvgIpc) is 2.87. The molecule has 16 heavy (non-hydrogen) atoms. The zero-order valence-corrected chi connectivity index (χ0v) is 9.91. The van der Waals surface area contributed by atoms with E-state index in [1.807, 2.05) is 0 Å². The van der Waals surface area contributed by atoms with Crippen LogP contribution in [0.15, 0.2) is 18.2 Å². The molecular formula is C14H19NO. The fourth-order valence-corrected chi connectivity index (χ4v) is 2.80. The standard InChI is InChI=1S/C14H19NO/c1-15-8-7-14(10-15)16-13-6-5-11-3-2-4-12(11)9-13/h5-6,9,14H,2-4,7-8,10H2,1H3/t14-/m1/s1. The summed E-state index contributed by atoms with van der Waals surface area (Å²) in [4.78, 5) is 2.33. The van der Waals surface area contributed by atoms with E-state index in [0.717, 1.165) is 25.3 Å². The van der Waals surface area contributed by atoms with E-state index in [1.165, 1.54) is 30.4 Å². The van der Waals surface area contributed by atoms with Gasteiger partial charge in [-0.25, -0.2) is 0 Å². The summed E-state index contributed by atoms with van der Waals surface area (Å²) in [6.07, 6.45) is 5.35. The van der Waals surface area contributed by atoms with Gasteiger partial charge in [0.25, 0.3) is 0 Å². The Morgan fingerprint density at radius 1 is 1.25 bits per heavy atom. The summed E-state index contributed by atoms with van der Waals surface area (Å²) < 4.78 is 6.03. The molecule has 2 nitrogen and oxygen atoms in total. The molecule has 1 aromatic rings. The molecule has 2 heteroatoms. The molecule has 0 N–H and O–H groups in total. The van der Waals surface area contributed by atoms with Gasteiger partial charge in [-0.15, -0.1) is 0 Å². The Labute approximate surface area is 97.2 Å². The number of hydrogen-bond acceptors (Lipinski definition) is 2. The van der Waals surface area contributed by atoms with Gasteiger partial charge in [0.15, 0.2) is 0 Å². The van der Waals surface area contributed by atoms with Crippen molar-refractivity contribution in [2.45, 2.75) is 31.8 Å². The summed E-state index contributed by atoms with van der Waals surface area (Å²) >= 11 is 0. The van der Waals surface area contributed by atoms with Crippen LogP contribution in [0.25, 0.3) is 0 Å². The van der Waals surface area contributed by atoms with Gasteiger partial charge in [-0.05, 0) is 56.0 Å². The summed E-state index contributed by atoms with van der Waals surface area (Å²) in [5.74, 6) is 1.07. The third-order valence-corrected chi connectivity index (χ3v) is 3.72. The van der Waals surface area contributed by atoms with Crippen LogP contribution < -0.4 is 4.74 Å². The largest absolute Gasteiger partial charge is 0.489 e. The topological polar surface area (TPSA) is 12.5 Å². The van der Waals surface area contributed by atoms with Gasteiger partial charge in [0.05, 0.1) is 0 Å². The zero-order valence-electron chi connectivity index (χ0n) is 9.91. The van der Waals surface area contributed by atoms with Gasteiger partial charge in [-0.2, -0.15) is 0 Å². The number of ether oxygens (including phenoxy) is 1. The van der Waals surface area contributed by atoms with Crippen molar-refractivity contribution in [3.8, 4) is 5.75 Å². The van der Waals surface area contributed by atoms with E-state index in [4.69, 9.17) is 4.74 Å². The van der Waals surface area contributed by atoms with Crippen molar-refractivity contribution in [2.75, 3.05) is 20.1 Å². The number of nitrogens with zero attached hydrogens (tertiary/aromatic N) is 1. The van der Waals surface area contributed by atoms with Gasteiger partial charge >= 0.3 is 0 Å². The van der Waals surface area contributed by atoms with Crippen LogP contribution in [0.2, 0.25) is 0 Å². The van der Waals surface area contributed by atoms with E-state index in [1.54, 1.807) is 0 Å². The van der Waals surface area contributed by atoms with Gasteiger partial charge in [0, 0.05) is 13.1 Å². The van der Waals surface area contributed by atoms with Crippen LogP contribution in [0.3, 0.4) is 0 Å². The molecule has 3 rings (SSSR count). The Hall–Kier alpha value is -1.02. The minimum Gasteiger partial charge on any atom is -0.489 e. The molecule has 1 fully saturated rings. The number of likely N-dealkylation sites (N-methyl/N-ethyl adjacent to an activating group) is 1. The summed E-state index contributed by atoms with van der Waals surface area (Å²) in [5.41, 5.74) is 3.03. The van der Waals surface area contributed by atoms with Crippen LogP contribution >= 0.6 is 0 Å². The Balaban J connectivity index is 1.71. The van der Waals surface area contributed by atoms with Crippen molar-refractivity contribution in [3.63, 3.8) is 0 Å². The van der Waals surface area contributed by atoms with Crippen molar-refractivity contribution < 1.29 is 4.74 Å². The Morgan fingerprint density at radius 2 is 2.12 bits per heavy atom. The minimum absolute atomic E-state index is 0.393. The second-order valence-electron chi connectivity index (χ2n) is 5.07. The highest BCUT2D eigenvalue weighted by Gasteiger charge is 2.21. The van der Waals surface area contributed by atoms with E-state index in [0.29, 0.717) is 6.10 Å². The first-order valence-corrected chi connectivity index (χ1v) is 6.28. The average molecular weight is 217 g/mol. The minimum atomic E-state index is 0.393. The molecule has 0 saturated carbocycles. The number of rotatable bonds is 2. The monoisotopic (exact) mass is 217 g/mol. The molecule has 0 bridgehead atoms. The molecule has 1 saturated heterocycles. The first-order chi connectivity index (χ1) is 7.81. The lowest BCUT2D eigenvalue weighted by molar-refractivity contribution is 0.208. The molecule has 2 aliphatic rings. The number of likely N-dealkylation sites (tertiary alicyclic amines) is 1. The smallest absolute Gasteiger partial charge is 0.120 e. The van der Waals surface area contributed by atoms with Crippen LogP contribution in [0.4, 0.5) is 0 Å². The molecule has 1 aromatic carbocycles. The fourth-order valence-electron chi connectivity index (χ4n) is 2.80. The van der Waals surface area contributed by atoms with E-state index >= 15 is 0 Å². The van der Waals surface area contributed by atoms with E-state index in [2.05, 4.69) is 30.1 Å². The maximum Gasteiger partial charge on any atom is 0.120 e. The highest BCUT2D eigenvalue weighted by Crippen LogP contribution is 2.27. The maximum absolute atomic E-state index is 6.03. The Kier molecular flexibility index (Phi) is 2.60.